The highest BCUT2D eigenvalue weighted by atomic mass is 19.1. The summed E-state index contributed by atoms with van der Waals surface area (Å²) in [5, 5.41) is 10.2. The first-order valence-electron chi connectivity index (χ1n) is 8.98. The van der Waals surface area contributed by atoms with Crippen LogP contribution < -0.4 is 0 Å². The Bertz CT molecular complexity index is 562. The van der Waals surface area contributed by atoms with Gasteiger partial charge in [0, 0.05) is 19.0 Å². The molecule has 140 valence electrons. The number of aliphatic hydroxyl groups is 1. The lowest BCUT2D eigenvalue weighted by Gasteiger charge is -2.24. The van der Waals surface area contributed by atoms with Crippen LogP contribution in [0.1, 0.15) is 49.8 Å². The number of β-amino-alcohol motifs (C(OH)–C–C–N with tert-alkyl or cyclic N) is 1. The molecule has 2 unspecified atom stereocenters. The second-order valence-electron chi connectivity index (χ2n) is 6.55. The van der Waals surface area contributed by atoms with Crippen LogP contribution in [0.15, 0.2) is 12.1 Å². The van der Waals surface area contributed by atoms with Crippen molar-refractivity contribution in [3.63, 3.8) is 0 Å². The number of benzene rings is 1. The summed E-state index contributed by atoms with van der Waals surface area (Å²) >= 11 is 0. The van der Waals surface area contributed by atoms with Crippen molar-refractivity contribution in [2.75, 3.05) is 26.2 Å². The highest BCUT2D eigenvalue weighted by Gasteiger charge is 2.21. The van der Waals surface area contributed by atoms with Crippen molar-refractivity contribution in [1.29, 1.82) is 0 Å². The van der Waals surface area contributed by atoms with E-state index < -0.39 is 23.8 Å². The lowest BCUT2D eigenvalue weighted by atomic mass is 9.96. The number of likely N-dealkylation sites (tertiary alicyclic amines) is 1. The van der Waals surface area contributed by atoms with E-state index in [-0.39, 0.29) is 19.4 Å². The Kier molecular flexibility index (Phi) is 7.93. The number of hydrogen-bond acceptors (Lipinski definition) is 4. The summed E-state index contributed by atoms with van der Waals surface area (Å²) in [5.41, 5.74) is 0.740. The summed E-state index contributed by atoms with van der Waals surface area (Å²) in [5.74, 6) is -1.32. The maximum Gasteiger partial charge on any atom is 0.129 e. The lowest BCUT2D eigenvalue weighted by Crippen LogP contribution is -2.33. The van der Waals surface area contributed by atoms with Crippen LogP contribution in [0.5, 0.6) is 0 Å². The average Bonchev–Trinajstić information content (AvgIpc) is 3.07. The summed E-state index contributed by atoms with van der Waals surface area (Å²) in [4.78, 5) is 12.8. The standard InChI is InChI=1S/C19H27F2NO3/c1-2-19(25-13-15(24)12-22-7-3-4-8-22)17-10-14(20)11-18(21)16(17)6-5-9-23/h9-11,15,19,24H,2-8,12-13H2,1H3. The van der Waals surface area contributed by atoms with E-state index in [1.807, 2.05) is 6.92 Å². The van der Waals surface area contributed by atoms with Crippen LogP contribution in [0, 0.1) is 11.6 Å². The Morgan fingerprint density at radius 1 is 1.32 bits per heavy atom. The Hall–Kier alpha value is -1.37. The van der Waals surface area contributed by atoms with Crippen LogP contribution in [-0.2, 0) is 16.0 Å². The van der Waals surface area contributed by atoms with Gasteiger partial charge in [0.15, 0.2) is 0 Å². The molecule has 0 aliphatic carbocycles. The topological polar surface area (TPSA) is 49.8 Å². The van der Waals surface area contributed by atoms with Crippen LogP contribution in [0.2, 0.25) is 0 Å². The maximum atomic E-state index is 14.1. The number of hydrogen-bond donors (Lipinski definition) is 1. The van der Waals surface area contributed by atoms with Crippen molar-refractivity contribution < 1.29 is 23.4 Å². The summed E-state index contributed by atoms with van der Waals surface area (Å²) in [6, 6.07) is 2.10. The Morgan fingerprint density at radius 3 is 2.68 bits per heavy atom. The number of aliphatic hydroxyl groups excluding tert-OH is 1. The highest BCUT2D eigenvalue weighted by Crippen LogP contribution is 2.28. The van der Waals surface area contributed by atoms with Crippen molar-refractivity contribution in [3.8, 4) is 0 Å². The maximum absolute atomic E-state index is 14.1. The van der Waals surface area contributed by atoms with Crippen molar-refractivity contribution >= 4 is 6.29 Å². The summed E-state index contributed by atoms with van der Waals surface area (Å²) in [6.45, 7) is 4.49. The fraction of sp³-hybridized carbons (Fsp3) is 0.632. The molecule has 1 saturated heterocycles. The molecule has 0 saturated carbocycles. The Labute approximate surface area is 147 Å². The SMILES string of the molecule is CCC(OCC(O)CN1CCCC1)c1cc(F)cc(F)c1CCC=O. The number of halogens is 2. The van der Waals surface area contributed by atoms with Gasteiger partial charge in [-0.25, -0.2) is 8.78 Å². The van der Waals surface area contributed by atoms with Gasteiger partial charge in [-0.3, -0.25) is 0 Å². The van der Waals surface area contributed by atoms with Crippen LogP contribution in [0.3, 0.4) is 0 Å². The van der Waals surface area contributed by atoms with Gasteiger partial charge in [-0.05, 0) is 56.0 Å². The van der Waals surface area contributed by atoms with Crippen LogP contribution >= 0.6 is 0 Å². The monoisotopic (exact) mass is 355 g/mol. The lowest BCUT2D eigenvalue weighted by molar-refractivity contribution is -0.107. The number of ether oxygens (including phenoxy) is 1. The molecule has 0 amide bonds. The van der Waals surface area contributed by atoms with Gasteiger partial charge in [-0.1, -0.05) is 6.92 Å². The van der Waals surface area contributed by atoms with E-state index in [1.54, 1.807) is 0 Å². The van der Waals surface area contributed by atoms with Gasteiger partial charge in [0.2, 0.25) is 0 Å². The summed E-state index contributed by atoms with van der Waals surface area (Å²) in [6.07, 6.45) is 2.76. The molecule has 0 radical (unpaired) electrons. The van der Waals surface area contributed by atoms with Gasteiger partial charge < -0.3 is 19.5 Å². The van der Waals surface area contributed by atoms with E-state index in [2.05, 4.69) is 4.90 Å². The van der Waals surface area contributed by atoms with Gasteiger partial charge in [-0.15, -0.1) is 0 Å². The molecule has 1 heterocycles. The minimum atomic E-state index is -0.665. The largest absolute Gasteiger partial charge is 0.389 e. The molecule has 4 nitrogen and oxygen atoms in total. The fourth-order valence-corrected chi connectivity index (χ4v) is 3.35. The average molecular weight is 355 g/mol. The third-order valence-corrected chi connectivity index (χ3v) is 4.58. The first-order valence-corrected chi connectivity index (χ1v) is 8.98. The van der Waals surface area contributed by atoms with Crippen LogP contribution in [-0.4, -0.2) is 48.6 Å². The predicted molar refractivity (Wildman–Crippen MR) is 91.4 cm³/mol. The number of rotatable bonds is 10. The molecule has 1 aliphatic rings. The van der Waals surface area contributed by atoms with E-state index in [0.29, 0.717) is 30.4 Å². The first kappa shape index (κ1) is 19.9. The van der Waals surface area contributed by atoms with E-state index in [1.165, 1.54) is 6.07 Å². The van der Waals surface area contributed by atoms with Gasteiger partial charge in [0.25, 0.3) is 0 Å². The van der Waals surface area contributed by atoms with E-state index in [9.17, 15) is 18.7 Å². The van der Waals surface area contributed by atoms with Crippen LogP contribution in [0.25, 0.3) is 0 Å². The van der Waals surface area contributed by atoms with Gasteiger partial charge >= 0.3 is 0 Å². The minimum absolute atomic E-state index is 0.111. The van der Waals surface area contributed by atoms with Crippen LogP contribution in [0.4, 0.5) is 8.78 Å². The Balaban J connectivity index is 2.04. The third-order valence-electron chi connectivity index (χ3n) is 4.58. The smallest absolute Gasteiger partial charge is 0.129 e. The molecular formula is C19H27F2NO3. The molecule has 1 N–H and O–H groups in total. The van der Waals surface area contributed by atoms with E-state index in [4.69, 9.17) is 4.74 Å². The summed E-state index contributed by atoms with van der Waals surface area (Å²) < 4.78 is 33.6. The molecule has 0 aromatic heterocycles. The van der Waals surface area contributed by atoms with Gasteiger partial charge in [0.1, 0.15) is 17.9 Å². The molecule has 2 atom stereocenters. The Morgan fingerprint density at radius 2 is 2.04 bits per heavy atom. The van der Waals surface area contributed by atoms with Gasteiger partial charge in [0.05, 0.1) is 18.8 Å². The zero-order valence-corrected chi connectivity index (χ0v) is 14.7. The molecule has 1 aliphatic heterocycles. The van der Waals surface area contributed by atoms with Crippen molar-refractivity contribution in [2.24, 2.45) is 0 Å². The fourth-order valence-electron chi connectivity index (χ4n) is 3.35. The van der Waals surface area contributed by atoms with E-state index in [0.717, 1.165) is 32.0 Å². The molecule has 1 fully saturated rings. The number of carbonyl (C=O) groups excluding carboxylic acids is 1. The number of carbonyl (C=O) groups is 1. The molecule has 1 aromatic carbocycles. The van der Waals surface area contributed by atoms with E-state index >= 15 is 0 Å². The van der Waals surface area contributed by atoms with Crippen molar-refractivity contribution in [1.82, 2.24) is 4.90 Å². The first-order chi connectivity index (χ1) is 12.0. The zero-order chi connectivity index (χ0) is 18.2. The van der Waals surface area contributed by atoms with Crippen molar-refractivity contribution in [3.05, 3.63) is 34.9 Å². The predicted octanol–water partition coefficient (Wildman–Crippen LogP) is 3.02. The summed E-state index contributed by atoms with van der Waals surface area (Å²) in [7, 11) is 0. The molecule has 0 spiro atoms. The normalized spacial score (nSPS) is 17.6. The number of aldehydes is 1. The number of nitrogens with zero attached hydrogens (tertiary/aromatic N) is 1. The zero-order valence-electron chi connectivity index (χ0n) is 14.7. The van der Waals surface area contributed by atoms with Crippen molar-refractivity contribution in [2.45, 2.75) is 51.2 Å². The molecule has 25 heavy (non-hydrogen) atoms. The second-order valence-corrected chi connectivity index (χ2v) is 6.55. The third kappa shape index (κ3) is 5.83. The molecule has 6 heteroatoms. The molecular weight excluding hydrogens is 328 g/mol. The highest BCUT2D eigenvalue weighted by molar-refractivity contribution is 5.50. The second kappa shape index (κ2) is 9.94. The van der Waals surface area contributed by atoms with Gasteiger partial charge in [-0.2, -0.15) is 0 Å². The molecule has 1 aromatic rings. The minimum Gasteiger partial charge on any atom is -0.389 e. The molecule has 2 rings (SSSR count). The quantitative estimate of drug-likeness (QED) is 0.656. The molecule has 0 bridgehead atoms.